The number of methoxy groups -OCH3 is 4. The molecule has 0 unspecified atom stereocenters. The van der Waals surface area contributed by atoms with Crippen LogP contribution in [0.3, 0.4) is 0 Å². The zero-order chi connectivity index (χ0) is 33.2. The summed E-state index contributed by atoms with van der Waals surface area (Å²) in [4.78, 5) is 31.0. The van der Waals surface area contributed by atoms with Gasteiger partial charge < -0.3 is 23.7 Å². The lowest BCUT2D eigenvalue weighted by molar-refractivity contribution is 0.186. The molecular formula is C29H50ClN7O6. The Bertz CT molecular complexity index is 1070. The summed E-state index contributed by atoms with van der Waals surface area (Å²) in [6.45, 7) is 18.2. The predicted molar refractivity (Wildman–Crippen MR) is 173 cm³/mol. The molecule has 0 spiro atoms. The average molecular weight is 628 g/mol. The van der Waals surface area contributed by atoms with Gasteiger partial charge in [-0.25, -0.2) is 24.8 Å². The van der Waals surface area contributed by atoms with Crippen LogP contribution in [0.5, 0.6) is 0 Å². The molecule has 2 aliphatic rings. The summed E-state index contributed by atoms with van der Waals surface area (Å²) >= 11 is 4.75. The van der Waals surface area contributed by atoms with Gasteiger partial charge in [0.25, 0.3) is 0 Å². The summed E-state index contributed by atoms with van der Waals surface area (Å²) in [5.74, 6) is 3.21. The van der Waals surface area contributed by atoms with E-state index in [1.807, 2.05) is 6.92 Å². The standard InChI is InChI=1S/C13H24N2O2.C12H21N5O2.C4H5ClO2/c1-7-8-13(4)12(17-6)14-10(9(2)3)11(15-13)16-5;1-8(2)9-10(18-4)16-12(3,6-7-14-17-13)11(15-9)19-5;1-2-3-7-4(5)6/h9-10H,7-8H2,1-6H3;8-9H,6-7H2,1-5H3;2H,1,3H2/t10-,13+;9-,12+;/m11./s1. The molecule has 0 aromatic heterocycles. The van der Waals surface area contributed by atoms with Gasteiger partial charge in [0.15, 0.2) is 0 Å². The van der Waals surface area contributed by atoms with E-state index >= 15 is 0 Å². The Balaban J connectivity index is 0.000000677. The van der Waals surface area contributed by atoms with Crippen LogP contribution in [0.25, 0.3) is 10.4 Å². The van der Waals surface area contributed by atoms with Gasteiger partial charge in [-0.15, -0.1) is 0 Å². The third-order valence-corrected chi connectivity index (χ3v) is 6.64. The van der Waals surface area contributed by atoms with E-state index in [4.69, 9.17) is 41.1 Å². The molecule has 0 saturated heterocycles. The van der Waals surface area contributed by atoms with Gasteiger partial charge in [0, 0.05) is 23.1 Å². The molecule has 43 heavy (non-hydrogen) atoms. The van der Waals surface area contributed by atoms with Crippen molar-refractivity contribution in [1.82, 2.24) is 0 Å². The highest BCUT2D eigenvalue weighted by Crippen LogP contribution is 2.29. The fourth-order valence-corrected chi connectivity index (χ4v) is 4.41. The van der Waals surface area contributed by atoms with Crippen LogP contribution < -0.4 is 0 Å². The zero-order valence-corrected chi connectivity index (χ0v) is 28.3. The molecule has 0 aliphatic carbocycles. The number of azide groups is 1. The summed E-state index contributed by atoms with van der Waals surface area (Å²) in [6, 6.07) is -0.160. The van der Waals surface area contributed by atoms with Crippen molar-refractivity contribution in [3.8, 4) is 0 Å². The molecule has 0 N–H and O–H groups in total. The highest BCUT2D eigenvalue weighted by atomic mass is 35.5. The largest absolute Gasteiger partial charge is 0.483 e. The van der Waals surface area contributed by atoms with Crippen molar-refractivity contribution in [3.63, 3.8) is 0 Å². The van der Waals surface area contributed by atoms with Crippen molar-refractivity contribution in [1.29, 1.82) is 0 Å². The minimum absolute atomic E-state index is 0.0279. The van der Waals surface area contributed by atoms with Crippen molar-refractivity contribution >= 4 is 40.6 Å². The molecular weight excluding hydrogens is 578 g/mol. The third-order valence-electron chi connectivity index (χ3n) is 6.54. The summed E-state index contributed by atoms with van der Waals surface area (Å²) in [7, 11) is 6.50. The first kappa shape index (κ1) is 39.7. The molecule has 2 heterocycles. The smallest absolute Gasteiger partial charge is 0.404 e. The Hall–Kier alpha value is -3.31. The molecule has 0 radical (unpaired) electrons. The second-order valence-electron chi connectivity index (χ2n) is 10.8. The Morgan fingerprint density at radius 3 is 1.67 bits per heavy atom. The van der Waals surface area contributed by atoms with Gasteiger partial charge in [-0.1, -0.05) is 58.8 Å². The first-order valence-corrected chi connectivity index (χ1v) is 14.6. The van der Waals surface area contributed by atoms with Crippen LogP contribution in [-0.2, 0) is 23.7 Å². The molecule has 0 amide bonds. The van der Waals surface area contributed by atoms with Crippen LogP contribution >= 0.6 is 11.6 Å². The zero-order valence-electron chi connectivity index (χ0n) is 27.6. The van der Waals surface area contributed by atoms with E-state index in [-0.39, 0.29) is 30.1 Å². The quantitative estimate of drug-likeness (QED) is 0.0898. The first-order valence-electron chi connectivity index (χ1n) is 14.2. The van der Waals surface area contributed by atoms with Crippen LogP contribution in [0.15, 0.2) is 37.7 Å². The van der Waals surface area contributed by atoms with E-state index in [1.54, 1.807) is 28.4 Å². The van der Waals surface area contributed by atoms with E-state index < -0.39 is 11.0 Å². The fourth-order valence-electron chi connectivity index (χ4n) is 4.35. The highest BCUT2D eigenvalue weighted by molar-refractivity contribution is 6.61. The number of carbonyl (C=O) groups is 1. The lowest BCUT2D eigenvalue weighted by atomic mass is 9.93. The summed E-state index contributed by atoms with van der Waals surface area (Å²) < 4.78 is 25.7. The van der Waals surface area contributed by atoms with Gasteiger partial charge in [-0.05, 0) is 44.1 Å². The van der Waals surface area contributed by atoms with Gasteiger partial charge in [0.2, 0.25) is 23.6 Å². The summed E-state index contributed by atoms with van der Waals surface area (Å²) in [5.41, 5.74) is 6.55. The Labute approximate surface area is 261 Å². The number of hydrogen-bond donors (Lipinski definition) is 0. The normalized spacial score (nSPS) is 24.2. The minimum atomic E-state index is -0.792. The van der Waals surface area contributed by atoms with Crippen molar-refractivity contribution in [2.45, 2.75) is 90.9 Å². The van der Waals surface area contributed by atoms with Gasteiger partial charge in [0.1, 0.15) is 29.8 Å². The van der Waals surface area contributed by atoms with Crippen molar-refractivity contribution in [3.05, 3.63) is 23.1 Å². The Kier molecular flexibility index (Phi) is 18.3. The van der Waals surface area contributed by atoms with E-state index in [2.05, 4.69) is 77.9 Å². The number of carbonyl (C=O) groups excluding carboxylic acids is 1. The Morgan fingerprint density at radius 1 is 0.953 bits per heavy atom. The van der Waals surface area contributed by atoms with E-state index in [0.717, 1.165) is 24.6 Å². The highest BCUT2D eigenvalue weighted by Gasteiger charge is 2.40. The number of nitrogens with zero attached hydrogens (tertiary/aromatic N) is 7. The number of hydrogen-bond acceptors (Lipinski definition) is 11. The van der Waals surface area contributed by atoms with Crippen molar-refractivity contribution < 1.29 is 28.5 Å². The monoisotopic (exact) mass is 627 g/mol. The van der Waals surface area contributed by atoms with Crippen LogP contribution in [0.2, 0.25) is 0 Å². The number of halogens is 1. The van der Waals surface area contributed by atoms with Crippen LogP contribution in [-0.4, -0.2) is 93.8 Å². The molecule has 0 aromatic carbocycles. The molecule has 4 atom stereocenters. The van der Waals surface area contributed by atoms with Crippen LogP contribution in [0.4, 0.5) is 4.79 Å². The lowest BCUT2D eigenvalue weighted by Gasteiger charge is -2.33. The molecule has 0 bridgehead atoms. The molecule has 2 aliphatic heterocycles. The maximum atomic E-state index is 9.70. The Morgan fingerprint density at radius 2 is 1.40 bits per heavy atom. The van der Waals surface area contributed by atoms with Gasteiger partial charge in [0.05, 0.1) is 28.4 Å². The number of aliphatic imine (C=N–C) groups is 4. The second-order valence-corrected chi connectivity index (χ2v) is 11.1. The summed E-state index contributed by atoms with van der Waals surface area (Å²) in [6.07, 6.45) is 3.92. The molecule has 0 aromatic rings. The maximum Gasteiger partial charge on any atom is 0.404 e. The second kappa shape index (κ2) is 19.8. The third kappa shape index (κ3) is 12.4. The van der Waals surface area contributed by atoms with E-state index in [0.29, 0.717) is 30.7 Å². The van der Waals surface area contributed by atoms with Crippen molar-refractivity contribution in [2.75, 3.05) is 41.6 Å². The molecule has 0 saturated carbocycles. The minimum Gasteiger partial charge on any atom is -0.483 e. The van der Waals surface area contributed by atoms with E-state index in [1.165, 1.54) is 6.08 Å². The molecule has 13 nitrogen and oxygen atoms in total. The van der Waals surface area contributed by atoms with Crippen LogP contribution in [0, 0.1) is 11.8 Å². The molecule has 14 heteroatoms. The van der Waals surface area contributed by atoms with E-state index in [9.17, 15) is 4.79 Å². The van der Waals surface area contributed by atoms with Crippen LogP contribution in [0.1, 0.15) is 67.7 Å². The molecule has 0 fully saturated rings. The molecule has 244 valence electrons. The average Bonchev–Trinajstić information content (AvgIpc) is 2.96. The topological polar surface area (TPSA) is 161 Å². The first-order chi connectivity index (χ1) is 20.2. The van der Waals surface area contributed by atoms with Gasteiger partial charge >= 0.3 is 5.43 Å². The number of ether oxygens (including phenoxy) is 5. The maximum absolute atomic E-state index is 9.70. The lowest BCUT2D eigenvalue weighted by Crippen LogP contribution is -2.45. The predicted octanol–water partition coefficient (Wildman–Crippen LogP) is 6.79. The summed E-state index contributed by atoms with van der Waals surface area (Å²) in [5, 5.41) is 3.54. The van der Waals surface area contributed by atoms with Gasteiger partial charge in [-0.2, -0.15) is 0 Å². The fraction of sp³-hybridized carbons (Fsp3) is 0.759. The van der Waals surface area contributed by atoms with Gasteiger partial charge in [-0.3, -0.25) is 0 Å². The SMILES string of the molecule is C=CCOC(=O)Cl.CCC[C@]1(C)N=C(OC)[C@@H](C(C)C)N=C1OC.COC1=N[C@@](C)(CCN=[N+]=[N-])C(OC)=N[C@@H]1C(C)C. The van der Waals surface area contributed by atoms with Crippen molar-refractivity contribution in [2.24, 2.45) is 36.9 Å². The molecule has 2 rings (SSSR count). The number of rotatable bonds is 9.